The predicted octanol–water partition coefficient (Wildman–Crippen LogP) is 5.84. The van der Waals surface area contributed by atoms with Crippen molar-refractivity contribution in [2.24, 2.45) is 5.92 Å². The van der Waals surface area contributed by atoms with E-state index in [9.17, 15) is 18.8 Å². The molecule has 10 heteroatoms. The molecule has 3 aromatic carbocycles. The minimum Gasteiger partial charge on any atom is -0.496 e. The number of hydrogen-bond acceptors (Lipinski definition) is 4. The molecule has 2 heterocycles. The van der Waals surface area contributed by atoms with Crippen LogP contribution in [0.4, 0.5) is 8.78 Å². The van der Waals surface area contributed by atoms with Crippen molar-refractivity contribution in [3.63, 3.8) is 0 Å². The van der Waals surface area contributed by atoms with E-state index in [0.29, 0.717) is 29.8 Å². The normalized spacial score (nSPS) is 13.5. The summed E-state index contributed by atoms with van der Waals surface area (Å²) in [7, 11) is 1.33. The smallest absolute Gasteiger partial charge is 0.321 e. The molecular weight excluding hydrogens is 564 g/mol. The first-order valence-electron chi connectivity index (χ1n) is 13.5. The van der Waals surface area contributed by atoms with Gasteiger partial charge in [0.15, 0.2) is 11.6 Å². The zero-order valence-electron chi connectivity index (χ0n) is 23.7. The van der Waals surface area contributed by atoms with E-state index in [-0.39, 0.29) is 46.2 Å². The predicted molar refractivity (Wildman–Crippen MR) is 160 cm³/mol. The zero-order chi connectivity index (χ0) is 30.5. The first-order valence-corrected chi connectivity index (χ1v) is 13.9. The van der Waals surface area contributed by atoms with Crippen LogP contribution in [-0.4, -0.2) is 40.1 Å². The third kappa shape index (κ3) is 4.81. The van der Waals surface area contributed by atoms with Crippen LogP contribution < -0.4 is 15.9 Å². The van der Waals surface area contributed by atoms with Crippen LogP contribution in [0.2, 0.25) is 5.02 Å². The van der Waals surface area contributed by atoms with Gasteiger partial charge in [0.25, 0.3) is 0 Å². The van der Waals surface area contributed by atoms with Crippen LogP contribution in [0.15, 0.2) is 64.7 Å². The van der Waals surface area contributed by atoms with Gasteiger partial charge in [0, 0.05) is 31.1 Å². The maximum atomic E-state index is 15.3. The number of fused-ring (bicyclic) bond motifs is 1. The first kappa shape index (κ1) is 29.3. The van der Waals surface area contributed by atoms with E-state index in [1.807, 2.05) is 39.0 Å². The lowest BCUT2D eigenvalue weighted by Gasteiger charge is -2.39. The quantitative estimate of drug-likeness (QED) is 0.199. The molecule has 1 fully saturated rings. The van der Waals surface area contributed by atoms with Gasteiger partial charge in [0.05, 0.1) is 34.4 Å². The number of methoxy groups -OCH3 is 1. The second-order valence-corrected chi connectivity index (χ2v) is 11.2. The summed E-state index contributed by atoms with van der Waals surface area (Å²) in [5.41, 5.74) is 1.11. The minimum absolute atomic E-state index is 0.000154. The molecule has 0 saturated carbocycles. The largest absolute Gasteiger partial charge is 0.496 e. The molecule has 1 amide bonds. The Morgan fingerprint density at radius 3 is 2.48 bits per heavy atom. The van der Waals surface area contributed by atoms with Gasteiger partial charge >= 0.3 is 11.1 Å². The molecule has 42 heavy (non-hydrogen) atoms. The number of rotatable bonds is 7. The molecule has 1 aliphatic rings. The molecule has 4 aromatic rings. The van der Waals surface area contributed by atoms with Crippen molar-refractivity contribution in [2.75, 3.05) is 20.2 Å². The standard InChI is InChI=1S/C32H30ClF2N3O4/c1-6-27(39)36-14-19(15-36)16-37-24-13-22(33)21(28-26(42-5)11-10-23(34)29(28)35)12-25(24)38(32(41)31(37)40)30-18(4)8-7-9-20(30)17(2)3/h6-13,17,19H,1,14-16H2,2-5H3. The molecule has 0 N–H and O–H groups in total. The van der Waals surface area contributed by atoms with Crippen molar-refractivity contribution in [2.45, 2.75) is 33.2 Å². The highest BCUT2D eigenvalue weighted by Gasteiger charge is 2.31. The summed E-state index contributed by atoms with van der Waals surface area (Å²) >= 11 is 6.72. The highest BCUT2D eigenvalue weighted by molar-refractivity contribution is 6.34. The highest BCUT2D eigenvalue weighted by Crippen LogP contribution is 2.40. The molecule has 0 aliphatic carbocycles. The van der Waals surface area contributed by atoms with E-state index >= 15 is 4.39 Å². The van der Waals surface area contributed by atoms with E-state index < -0.39 is 22.8 Å². The topological polar surface area (TPSA) is 73.5 Å². The van der Waals surface area contributed by atoms with E-state index in [4.69, 9.17) is 16.3 Å². The van der Waals surface area contributed by atoms with Crippen molar-refractivity contribution in [1.82, 2.24) is 14.0 Å². The number of halogens is 3. The van der Waals surface area contributed by atoms with E-state index in [1.54, 1.807) is 4.90 Å². The summed E-state index contributed by atoms with van der Waals surface area (Å²) < 4.78 is 37.8. The molecule has 1 saturated heterocycles. The van der Waals surface area contributed by atoms with Gasteiger partial charge in [0.1, 0.15) is 5.75 Å². The Labute approximate surface area is 246 Å². The number of hydrogen-bond donors (Lipinski definition) is 0. The Hall–Kier alpha value is -4.24. The van der Waals surface area contributed by atoms with Gasteiger partial charge in [-0.05, 0) is 54.3 Å². The van der Waals surface area contributed by atoms with Crippen LogP contribution in [0.5, 0.6) is 5.75 Å². The molecule has 7 nitrogen and oxygen atoms in total. The monoisotopic (exact) mass is 593 g/mol. The lowest BCUT2D eigenvalue weighted by atomic mass is 9.97. The molecule has 0 radical (unpaired) electrons. The van der Waals surface area contributed by atoms with Gasteiger partial charge in [-0.15, -0.1) is 0 Å². The van der Waals surface area contributed by atoms with Crippen molar-refractivity contribution >= 4 is 28.5 Å². The first-order chi connectivity index (χ1) is 20.0. The molecule has 0 unspecified atom stereocenters. The lowest BCUT2D eigenvalue weighted by molar-refractivity contribution is -0.132. The highest BCUT2D eigenvalue weighted by atomic mass is 35.5. The van der Waals surface area contributed by atoms with Gasteiger partial charge in [0.2, 0.25) is 5.91 Å². The number of ether oxygens (including phenoxy) is 1. The van der Waals surface area contributed by atoms with Crippen molar-refractivity contribution in [3.05, 3.63) is 104 Å². The van der Waals surface area contributed by atoms with Gasteiger partial charge in [-0.3, -0.25) is 19.0 Å². The molecule has 0 atom stereocenters. The van der Waals surface area contributed by atoms with Crippen LogP contribution >= 0.6 is 11.6 Å². The number of para-hydroxylation sites is 1. The number of benzene rings is 3. The third-order valence-corrected chi connectivity index (χ3v) is 8.08. The van der Waals surface area contributed by atoms with Crippen molar-refractivity contribution < 1.29 is 18.3 Å². The average molecular weight is 594 g/mol. The van der Waals surface area contributed by atoms with Gasteiger partial charge < -0.3 is 14.2 Å². The molecule has 218 valence electrons. The number of carbonyl (C=O) groups excluding carboxylic acids is 1. The lowest BCUT2D eigenvalue weighted by Crippen LogP contribution is -2.52. The van der Waals surface area contributed by atoms with Crippen LogP contribution in [0, 0.1) is 24.5 Å². The Bertz CT molecular complexity index is 1870. The number of likely N-dealkylation sites (tertiary alicyclic amines) is 1. The molecule has 5 rings (SSSR count). The average Bonchev–Trinajstić information content (AvgIpc) is 2.94. The number of nitrogens with zero attached hydrogens (tertiary/aromatic N) is 3. The van der Waals surface area contributed by atoms with Gasteiger partial charge in [-0.1, -0.05) is 50.2 Å². The SMILES string of the molecule is C=CC(=O)N1CC(Cn2c(=O)c(=O)n(-c3c(C)cccc3C(C)C)c3cc(-c4c(OC)ccc(F)c4F)c(Cl)cc32)C1. The summed E-state index contributed by atoms with van der Waals surface area (Å²) in [6.07, 6.45) is 1.23. The summed E-state index contributed by atoms with van der Waals surface area (Å²) in [6.45, 7) is 10.3. The number of carbonyl (C=O) groups is 1. The summed E-state index contributed by atoms with van der Waals surface area (Å²) in [4.78, 5) is 41.3. The van der Waals surface area contributed by atoms with Crippen LogP contribution in [0.25, 0.3) is 27.8 Å². The fourth-order valence-electron chi connectivity index (χ4n) is 5.63. The second kappa shape index (κ2) is 11.2. The fourth-order valence-corrected chi connectivity index (χ4v) is 5.88. The molecule has 1 aromatic heterocycles. The Morgan fingerprint density at radius 2 is 1.83 bits per heavy atom. The second-order valence-electron chi connectivity index (χ2n) is 10.8. The Morgan fingerprint density at radius 1 is 1.12 bits per heavy atom. The fraction of sp³-hybridized carbons (Fsp3) is 0.281. The van der Waals surface area contributed by atoms with Crippen LogP contribution in [0.1, 0.15) is 30.9 Å². The number of aryl methyl sites for hydroxylation is 1. The molecule has 1 aliphatic heterocycles. The maximum absolute atomic E-state index is 15.3. The molecular formula is C32H30ClF2N3O4. The van der Waals surface area contributed by atoms with Crippen LogP contribution in [-0.2, 0) is 11.3 Å². The molecule has 0 bridgehead atoms. The maximum Gasteiger partial charge on any atom is 0.321 e. The number of aromatic nitrogens is 2. The summed E-state index contributed by atoms with van der Waals surface area (Å²) in [5, 5.41) is 0.0367. The van der Waals surface area contributed by atoms with Gasteiger partial charge in [-0.2, -0.15) is 0 Å². The van der Waals surface area contributed by atoms with Crippen molar-refractivity contribution in [3.8, 4) is 22.6 Å². The van der Waals surface area contributed by atoms with Crippen molar-refractivity contribution in [1.29, 1.82) is 0 Å². The number of amides is 1. The summed E-state index contributed by atoms with van der Waals surface area (Å²) in [6, 6.07) is 10.9. The molecule has 0 spiro atoms. The minimum atomic E-state index is -1.15. The third-order valence-electron chi connectivity index (χ3n) is 7.77. The zero-order valence-corrected chi connectivity index (χ0v) is 24.5. The Kier molecular flexibility index (Phi) is 7.81. The van der Waals surface area contributed by atoms with E-state index in [1.165, 1.54) is 40.5 Å². The van der Waals surface area contributed by atoms with E-state index in [2.05, 4.69) is 6.58 Å². The van der Waals surface area contributed by atoms with Crippen LogP contribution in [0.3, 0.4) is 0 Å². The van der Waals surface area contributed by atoms with Gasteiger partial charge in [-0.25, -0.2) is 8.78 Å². The summed E-state index contributed by atoms with van der Waals surface area (Å²) in [5.74, 6) is -2.49. The van der Waals surface area contributed by atoms with E-state index in [0.717, 1.165) is 17.2 Å². The Balaban J connectivity index is 1.85.